The third-order valence-corrected chi connectivity index (χ3v) is 5.39. The van der Waals surface area contributed by atoms with Crippen LogP contribution in [0.2, 0.25) is 0 Å². The van der Waals surface area contributed by atoms with Gasteiger partial charge in [0.15, 0.2) is 0 Å². The molecule has 4 amide bonds. The van der Waals surface area contributed by atoms with Crippen LogP contribution in [0, 0.1) is 6.92 Å². The van der Waals surface area contributed by atoms with Gasteiger partial charge < -0.3 is 21.3 Å². The lowest BCUT2D eigenvalue weighted by molar-refractivity contribution is 0.227. The molecule has 0 spiro atoms. The Kier molecular flexibility index (Phi) is 12.0. The van der Waals surface area contributed by atoms with Gasteiger partial charge in [0, 0.05) is 49.6 Å². The summed E-state index contributed by atoms with van der Waals surface area (Å²) in [5.74, 6) is 0. The fraction of sp³-hybridized carbons (Fsp3) is 0.652. The van der Waals surface area contributed by atoms with Gasteiger partial charge in [0.1, 0.15) is 0 Å². The molecule has 0 atom stereocenters. The summed E-state index contributed by atoms with van der Waals surface area (Å²) in [6.07, 6.45) is 0. The van der Waals surface area contributed by atoms with Crippen molar-refractivity contribution in [2.75, 3.05) is 49.9 Å². The van der Waals surface area contributed by atoms with Crippen molar-refractivity contribution >= 4 is 23.4 Å². The maximum Gasteiger partial charge on any atom is 0.319 e. The standard InChI is InChI=1S/C23H42N6O2/c1-8-28(17(3)4)14-12-24-22(30)26-20-11-10-19(7)21(16-20)27-23(31)25-13-15-29(9-2)18(5)6/h10-11,16-18H,8-9,12-15H2,1-7H3,(H2,24,26,30)(H2,25,27,31). The van der Waals surface area contributed by atoms with Gasteiger partial charge in [-0.05, 0) is 65.4 Å². The van der Waals surface area contributed by atoms with Gasteiger partial charge in [0.25, 0.3) is 0 Å². The van der Waals surface area contributed by atoms with Crippen LogP contribution in [0.5, 0.6) is 0 Å². The lowest BCUT2D eigenvalue weighted by Gasteiger charge is -2.24. The fourth-order valence-corrected chi connectivity index (χ4v) is 3.37. The molecule has 0 radical (unpaired) electrons. The normalized spacial score (nSPS) is 11.3. The Morgan fingerprint density at radius 2 is 1.32 bits per heavy atom. The smallest absolute Gasteiger partial charge is 0.319 e. The van der Waals surface area contributed by atoms with Gasteiger partial charge in [-0.1, -0.05) is 19.9 Å². The van der Waals surface area contributed by atoms with Crippen LogP contribution >= 0.6 is 0 Å². The number of amides is 4. The van der Waals surface area contributed by atoms with E-state index in [1.165, 1.54) is 0 Å². The molecule has 176 valence electrons. The van der Waals surface area contributed by atoms with Gasteiger partial charge in [0.05, 0.1) is 0 Å². The van der Waals surface area contributed by atoms with E-state index in [0.29, 0.717) is 36.5 Å². The summed E-state index contributed by atoms with van der Waals surface area (Å²) in [7, 11) is 0. The first-order chi connectivity index (χ1) is 14.7. The maximum absolute atomic E-state index is 12.3. The Morgan fingerprint density at radius 3 is 1.77 bits per heavy atom. The Labute approximate surface area is 188 Å². The monoisotopic (exact) mass is 434 g/mol. The molecule has 0 aliphatic rings. The number of carbonyl (C=O) groups excluding carboxylic acids is 2. The highest BCUT2D eigenvalue weighted by molar-refractivity contribution is 5.93. The predicted molar refractivity (Wildman–Crippen MR) is 130 cm³/mol. The van der Waals surface area contributed by atoms with Crippen LogP contribution in [-0.2, 0) is 0 Å². The van der Waals surface area contributed by atoms with Crippen LogP contribution in [0.25, 0.3) is 0 Å². The molecular weight excluding hydrogens is 392 g/mol. The molecule has 0 saturated carbocycles. The first kappa shape index (κ1) is 26.7. The highest BCUT2D eigenvalue weighted by Crippen LogP contribution is 2.20. The molecule has 31 heavy (non-hydrogen) atoms. The molecule has 0 unspecified atom stereocenters. The molecular formula is C23H42N6O2. The number of nitrogens with zero attached hydrogens (tertiary/aromatic N) is 2. The first-order valence-corrected chi connectivity index (χ1v) is 11.4. The van der Waals surface area contributed by atoms with Gasteiger partial charge in [-0.3, -0.25) is 9.80 Å². The average Bonchev–Trinajstić information content (AvgIpc) is 2.70. The lowest BCUT2D eigenvalue weighted by atomic mass is 10.2. The number of urea groups is 2. The number of hydrogen-bond acceptors (Lipinski definition) is 4. The van der Waals surface area contributed by atoms with E-state index in [1.54, 1.807) is 6.07 Å². The minimum absolute atomic E-state index is 0.252. The van der Waals surface area contributed by atoms with Gasteiger partial charge in [0.2, 0.25) is 0 Å². The van der Waals surface area contributed by atoms with Gasteiger partial charge >= 0.3 is 12.1 Å². The summed E-state index contributed by atoms with van der Waals surface area (Å²) in [6, 6.07) is 5.86. The van der Waals surface area contributed by atoms with E-state index in [4.69, 9.17) is 0 Å². The molecule has 0 heterocycles. The predicted octanol–water partition coefficient (Wildman–Crippen LogP) is 3.70. The lowest BCUT2D eigenvalue weighted by Crippen LogP contribution is -2.40. The second-order valence-electron chi connectivity index (χ2n) is 8.24. The number of anilines is 2. The van der Waals surface area contributed by atoms with Crippen LogP contribution < -0.4 is 21.3 Å². The molecule has 4 N–H and O–H groups in total. The van der Waals surface area contributed by atoms with E-state index in [1.807, 2.05) is 19.1 Å². The topological polar surface area (TPSA) is 88.7 Å². The van der Waals surface area contributed by atoms with Crippen molar-refractivity contribution in [2.24, 2.45) is 0 Å². The van der Waals surface area contributed by atoms with E-state index in [-0.39, 0.29) is 12.1 Å². The molecule has 0 aliphatic heterocycles. The molecule has 1 rings (SSSR count). The third kappa shape index (κ3) is 10.0. The van der Waals surface area contributed by atoms with Crippen molar-refractivity contribution < 1.29 is 9.59 Å². The summed E-state index contributed by atoms with van der Waals surface area (Å²) < 4.78 is 0. The SMILES string of the molecule is CCN(CCNC(=O)Nc1ccc(C)c(NC(=O)NCCN(CC)C(C)C)c1)C(C)C. The quantitative estimate of drug-likeness (QED) is 0.404. The van der Waals surface area contributed by atoms with E-state index in [0.717, 1.165) is 31.7 Å². The molecule has 1 aromatic carbocycles. The first-order valence-electron chi connectivity index (χ1n) is 11.4. The number of benzene rings is 1. The summed E-state index contributed by atoms with van der Waals surface area (Å²) in [5, 5.41) is 11.5. The van der Waals surface area contributed by atoms with Crippen LogP contribution in [0.3, 0.4) is 0 Å². The number of carbonyl (C=O) groups is 2. The van der Waals surface area contributed by atoms with Gasteiger partial charge in [-0.25, -0.2) is 9.59 Å². The van der Waals surface area contributed by atoms with Crippen molar-refractivity contribution in [3.8, 4) is 0 Å². The zero-order valence-corrected chi connectivity index (χ0v) is 20.3. The van der Waals surface area contributed by atoms with Crippen LogP contribution in [0.15, 0.2) is 18.2 Å². The maximum atomic E-state index is 12.3. The number of likely N-dealkylation sites (N-methyl/N-ethyl adjacent to an activating group) is 2. The highest BCUT2D eigenvalue weighted by Gasteiger charge is 2.10. The minimum atomic E-state index is -0.257. The van der Waals surface area contributed by atoms with E-state index < -0.39 is 0 Å². The second kappa shape index (κ2) is 13.9. The van der Waals surface area contributed by atoms with Crippen LogP contribution in [0.4, 0.5) is 21.0 Å². The van der Waals surface area contributed by atoms with Crippen LogP contribution in [-0.4, -0.2) is 73.2 Å². The van der Waals surface area contributed by atoms with E-state index in [2.05, 4.69) is 72.6 Å². The molecule has 8 nitrogen and oxygen atoms in total. The molecule has 0 aliphatic carbocycles. The Balaban J connectivity index is 2.53. The molecule has 1 aromatic rings. The van der Waals surface area contributed by atoms with E-state index in [9.17, 15) is 9.59 Å². The number of nitrogens with one attached hydrogen (secondary N) is 4. The van der Waals surface area contributed by atoms with Crippen molar-refractivity contribution in [3.05, 3.63) is 23.8 Å². The van der Waals surface area contributed by atoms with Gasteiger partial charge in [-0.15, -0.1) is 0 Å². The van der Waals surface area contributed by atoms with Crippen molar-refractivity contribution in [1.29, 1.82) is 0 Å². The Morgan fingerprint density at radius 1 is 0.839 bits per heavy atom. The molecule has 8 heteroatoms. The number of hydrogen-bond donors (Lipinski definition) is 4. The molecule has 0 fully saturated rings. The Bertz CT molecular complexity index is 693. The zero-order chi connectivity index (χ0) is 23.4. The molecule has 0 saturated heterocycles. The number of aryl methyl sites for hydroxylation is 1. The van der Waals surface area contributed by atoms with E-state index >= 15 is 0 Å². The highest BCUT2D eigenvalue weighted by atomic mass is 16.2. The fourth-order valence-electron chi connectivity index (χ4n) is 3.37. The summed E-state index contributed by atoms with van der Waals surface area (Å²) in [4.78, 5) is 29.1. The van der Waals surface area contributed by atoms with Crippen LogP contribution in [0.1, 0.15) is 47.1 Å². The largest absolute Gasteiger partial charge is 0.337 e. The molecule has 0 bridgehead atoms. The number of rotatable bonds is 12. The Hall–Kier alpha value is -2.32. The minimum Gasteiger partial charge on any atom is -0.337 e. The average molecular weight is 435 g/mol. The summed E-state index contributed by atoms with van der Waals surface area (Å²) in [5.41, 5.74) is 2.23. The molecule has 0 aromatic heterocycles. The van der Waals surface area contributed by atoms with Crippen molar-refractivity contribution in [2.45, 2.75) is 60.5 Å². The van der Waals surface area contributed by atoms with Crippen molar-refractivity contribution in [1.82, 2.24) is 20.4 Å². The summed E-state index contributed by atoms with van der Waals surface area (Å²) in [6.45, 7) is 19.4. The third-order valence-electron chi connectivity index (χ3n) is 5.39. The second-order valence-corrected chi connectivity index (χ2v) is 8.24. The van der Waals surface area contributed by atoms with Crippen molar-refractivity contribution in [3.63, 3.8) is 0 Å². The zero-order valence-electron chi connectivity index (χ0n) is 20.3. The summed E-state index contributed by atoms with van der Waals surface area (Å²) >= 11 is 0. The van der Waals surface area contributed by atoms with Gasteiger partial charge in [-0.2, -0.15) is 0 Å².